The number of amides is 1. The molecule has 3 rings (SSSR count). The van der Waals surface area contributed by atoms with Gasteiger partial charge in [0, 0.05) is 19.1 Å². The number of carboxylic acid groups (broad SMARTS) is 1. The van der Waals surface area contributed by atoms with Crippen molar-refractivity contribution in [2.75, 3.05) is 18.8 Å². The number of hydrogen-bond acceptors (Lipinski definition) is 6. The number of nitrogens with one attached hydrogen (secondary N) is 1. The largest absolute Gasteiger partial charge is 0.481 e. The summed E-state index contributed by atoms with van der Waals surface area (Å²) < 4.78 is 54.5. The Bertz CT molecular complexity index is 1090. The Labute approximate surface area is 207 Å². The van der Waals surface area contributed by atoms with Crippen molar-refractivity contribution < 1.29 is 31.5 Å². The van der Waals surface area contributed by atoms with Gasteiger partial charge in [0.1, 0.15) is 0 Å². The van der Waals surface area contributed by atoms with Crippen LogP contribution in [0.15, 0.2) is 30.3 Å². The van der Waals surface area contributed by atoms with Crippen molar-refractivity contribution in [2.45, 2.75) is 69.8 Å². The highest BCUT2D eigenvalue weighted by Crippen LogP contribution is 2.29. The van der Waals surface area contributed by atoms with E-state index >= 15 is 0 Å². The van der Waals surface area contributed by atoms with Crippen molar-refractivity contribution in [1.29, 1.82) is 0 Å². The second-order valence-electron chi connectivity index (χ2n) is 9.26. The van der Waals surface area contributed by atoms with Gasteiger partial charge in [-0.2, -0.15) is 8.61 Å². The minimum atomic E-state index is -4.05. The zero-order valence-corrected chi connectivity index (χ0v) is 21.6. The molecule has 196 valence electrons. The Balaban J connectivity index is 1.91. The van der Waals surface area contributed by atoms with Crippen LogP contribution in [0, 0.1) is 5.92 Å². The third kappa shape index (κ3) is 7.02. The maximum Gasteiger partial charge on any atom is 0.305 e. The summed E-state index contributed by atoms with van der Waals surface area (Å²) in [5.41, 5.74) is 0.521. The Hall–Kier alpha value is -2.02. The molecule has 2 unspecified atom stereocenters. The average molecular weight is 530 g/mol. The third-order valence-electron chi connectivity index (χ3n) is 6.63. The number of rotatable bonds is 11. The molecule has 10 nitrogen and oxygen atoms in total. The van der Waals surface area contributed by atoms with E-state index < -0.39 is 44.1 Å². The summed E-state index contributed by atoms with van der Waals surface area (Å²) in [5, 5.41) is 12.2. The molecule has 1 aliphatic heterocycles. The van der Waals surface area contributed by atoms with Crippen LogP contribution in [-0.4, -0.2) is 73.5 Å². The Morgan fingerprint density at radius 1 is 1.00 bits per heavy atom. The summed E-state index contributed by atoms with van der Waals surface area (Å²) in [6.45, 7) is 1.41. The number of sulfonamides is 2. The molecule has 2 N–H and O–H groups in total. The van der Waals surface area contributed by atoms with Crippen molar-refractivity contribution in [3.8, 4) is 0 Å². The molecule has 0 radical (unpaired) electrons. The fourth-order valence-electron chi connectivity index (χ4n) is 4.99. The number of nitrogens with zero attached hydrogens (tertiary/aromatic N) is 2. The Morgan fingerprint density at radius 3 is 2.17 bits per heavy atom. The van der Waals surface area contributed by atoms with E-state index in [2.05, 4.69) is 5.32 Å². The number of aliphatic carboxylic acids is 1. The lowest BCUT2D eigenvalue weighted by molar-refractivity contribution is -0.138. The summed E-state index contributed by atoms with van der Waals surface area (Å²) in [7, 11) is -7.95. The van der Waals surface area contributed by atoms with Crippen LogP contribution in [0.25, 0.3) is 0 Å². The monoisotopic (exact) mass is 529 g/mol. The molecule has 2 aliphatic rings. The van der Waals surface area contributed by atoms with Crippen LogP contribution in [0.3, 0.4) is 0 Å². The molecule has 0 aromatic heterocycles. The van der Waals surface area contributed by atoms with E-state index in [1.807, 2.05) is 0 Å². The lowest BCUT2D eigenvalue weighted by Crippen LogP contribution is -2.57. The molecule has 1 aromatic rings. The normalized spacial score (nSPS) is 21.6. The SMILES string of the molecule is CCCS(=O)(=O)N1CCN(S(=O)(=O)Cc2ccccc2)C1C(=O)NC(CC(=O)O)C1CCCCC1. The Kier molecular flexibility index (Phi) is 9.30. The van der Waals surface area contributed by atoms with Crippen LogP contribution in [0.4, 0.5) is 0 Å². The van der Waals surface area contributed by atoms with Crippen molar-refractivity contribution in [2.24, 2.45) is 5.92 Å². The summed E-state index contributed by atoms with van der Waals surface area (Å²) in [4.78, 5) is 25.1. The molecule has 35 heavy (non-hydrogen) atoms. The molecule has 1 aromatic carbocycles. The van der Waals surface area contributed by atoms with E-state index in [4.69, 9.17) is 0 Å². The van der Waals surface area contributed by atoms with Gasteiger partial charge in [0.25, 0.3) is 5.91 Å². The van der Waals surface area contributed by atoms with Gasteiger partial charge in [-0.15, -0.1) is 0 Å². The third-order valence-corrected chi connectivity index (χ3v) is 10.4. The Morgan fingerprint density at radius 2 is 1.60 bits per heavy atom. The van der Waals surface area contributed by atoms with Crippen LogP contribution < -0.4 is 5.32 Å². The van der Waals surface area contributed by atoms with Gasteiger partial charge in [0.15, 0.2) is 6.17 Å². The highest BCUT2D eigenvalue weighted by atomic mass is 32.2. The number of carbonyl (C=O) groups excluding carboxylic acids is 1. The van der Waals surface area contributed by atoms with Gasteiger partial charge < -0.3 is 10.4 Å². The van der Waals surface area contributed by atoms with Crippen molar-refractivity contribution in [1.82, 2.24) is 13.9 Å². The molecular weight excluding hydrogens is 494 g/mol. The fraction of sp³-hybridized carbons (Fsp3) is 0.652. The molecule has 0 bridgehead atoms. The molecule has 12 heteroatoms. The maximum atomic E-state index is 13.5. The fourth-order valence-corrected chi connectivity index (χ4v) is 8.33. The minimum absolute atomic E-state index is 0.0553. The number of carboxylic acids is 1. The molecule has 0 spiro atoms. The second-order valence-corrected chi connectivity index (χ2v) is 13.2. The van der Waals surface area contributed by atoms with Crippen LogP contribution in [-0.2, 0) is 35.4 Å². The van der Waals surface area contributed by atoms with E-state index in [1.54, 1.807) is 37.3 Å². The highest BCUT2D eigenvalue weighted by molar-refractivity contribution is 7.89. The van der Waals surface area contributed by atoms with Crippen LogP contribution >= 0.6 is 0 Å². The zero-order chi connectivity index (χ0) is 25.6. The van der Waals surface area contributed by atoms with E-state index in [0.717, 1.165) is 40.7 Å². The number of benzene rings is 1. The quantitative estimate of drug-likeness (QED) is 0.445. The number of carbonyl (C=O) groups is 2. The first-order valence-electron chi connectivity index (χ1n) is 12.1. The smallest absolute Gasteiger partial charge is 0.305 e. The predicted octanol–water partition coefficient (Wildman–Crippen LogP) is 1.74. The summed E-state index contributed by atoms with van der Waals surface area (Å²) in [6, 6.07) is 7.78. The van der Waals surface area contributed by atoms with Gasteiger partial charge in [-0.3, -0.25) is 9.59 Å². The second kappa shape index (κ2) is 11.8. The lowest BCUT2D eigenvalue weighted by Gasteiger charge is -2.33. The van der Waals surface area contributed by atoms with Gasteiger partial charge in [0.05, 0.1) is 17.9 Å². The van der Waals surface area contributed by atoms with E-state index in [9.17, 15) is 31.5 Å². The van der Waals surface area contributed by atoms with Gasteiger partial charge >= 0.3 is 5.97 Å². The summed E-state index contributed by atoms with van der Waals surface area (Å²) >= 11 is 0. The van der Waals surface area contributed by atoms with E-state index in [1.165, 1.54) is 0 Å². The number of hydrogen-bond donors (Lipinski definition) is 2. The van der Waals surface area contributed by atoms with Crippen molar-refractivity contribution >= 4 is 31.9 Å². The van der Waals surface area contributed by atoms with Crippen LogP contribution in [0.1, 0.15) is 57.4 Å². The minimum Gasteiger partial charge on any atom is -0.481 e. The lowest BCUT2D eigenvalue weighted by atomic mass is 9.82. The van der Waals surface area contributed by atoms with Crippen LogP contribution in [0.5, 0.6) is 0 Å². The van der Waals surface area contributed by atoms with Gasteiger partial charge in [-0.1, -0.05) is 56.5 Å². The first kappa shape index (κ1) is 27.6. The maximum absolute atomic E-state index is 13.5. The van der Waals surface area contributed by atoms with Crippen LogP contribution in [0.2, 0.25) is 0 Å². The molecule has 1 amide bonds. The first-order valence-corrected chi connectivity index (χ1v) is 15.3. The molecule has 1 heterocycles. The molecular formula is C23H35N3O7S2. The van der Waals surface area contributed by atoms with Gasteiger partial charge in [-0.25, -0.2) is 16.8 Å². The van der Waals surface area contributed by atoms with Crippen molar-refractivity contribution in [3.63, 3.8) is 0 Å². The van der Waals surface area contributed by atoms with Gasteiger partial charge in [-0.05, 0) is 30.7 Å². The first-order chi connectivity index (χ1) is 16.5. The highest BCUT2D eigenvalue weighted by Gasteiger charge is 2.49. The molecule has 1 aliphatic carbocycles. The average Bonchev–Trinajstić information content (AvgIpc) is 3.27. The molecule has 2 fully saturated rings. The van der Waals surface area contributed by atoms with E-state index in [-0.39, 0.29) is 36.9 Å². The summed E-state index contributed by atoms with van der Waals surface area (Å²) in [6.07, 6.45) is 2.84. The predicted molar refractivity (Wildman–Crippen MR) is 131 cm³/mol. The van der Waals surface area contributed by atoms with Gasteiger partial charge in [0.2, 0.25) is 20.0 Å². The molecule has 2 atom stereocenters. The molecule has 1 saturated carbocycles. The van der Waals surface area contributed by atoms with E-state index in [0.29, 0.717) is 12.0 Å². The van der Waals surface area contributed by atoms with Crippen molar-refractivity contribution in [3.05, 3.63) is 35.9 Å². The zero-order valence-electron chi connectivity index (χ0n) is 20.0. The molecule has 1 saturated heterocycles. The standard InChI is InChI=1S/C23H35N3O7S2/c1-2-15-34(30,31)25-13-14-26(35(32,33)17-18-9-5-3-6-10-18)23(25)22(29)24-20(16-21(27)28)19-11-7-4-8-12-19/h3,5-6,9-10,19-20,23H,2,4,7-8,11-17H2,1H3,(H,24,29)(H,27,28). The topological polar surface area (TPSA) is 141 Å². The summed E-state index contributed by atoms with van der Waals surface area (Å²) in [5.74, 6) is -2.52.